The molecule has 138 valence electrons. The zero-order valence-corrected chi connectivity index (χ0v) is 18.4. The largest absolute Gasteiger partial charge is 0.357 e. The number of guanidine groups is 1. The summed E-state index contributed by atoms with van der Waals surface area (Å²) in [5.41, 5.74) is 0. The molecular weight excluding hydrogens is 431 g/mol. The van der Waals surface area contributed by atoms with Crippen molar-refractivity contribution >= 4 is 41.3 Å². The van der Waals surface area contributed by atoms with E-state index in [2.05, 4.69) is 53.8 Å². The summed E-state index contributed by atoms with van der Waals surface area (Å²) in [6, 6.07) is 4.86. The second-order valence-corrected chi connectivity index (χ2v) is 7.53. The molecule has 1 fully saturated rings. The van der Waals surface area contributed by atoms with E-state index in [-0.39, 0.29) is 24.0 Å². The van der Waals surface area contributed by atoms with Crippen LogP contribution in [0.15, 0.2) is 22.5 Å². The molecule has 0 aliphatic carbocycles. The van der Waals surface area contributed by atoms with Crippen LogP contribution in [0.2, 0.25) is 0 Å². The fraction of sp³-hybridized carbons (Fsp3) is 0.722. The van der Waals surface area contributed by atoms with E-state index < -0.39 is 0 Å². The van der Waals surface area contributed by atoms with E-state index >= 15 is 0 Å². The van der Waals surface area contributed by atoms with Crippen LogP contribution in [-0.4, -0.2) is 43.1 Å². The molecule has 4 nitrogen and oxygen atoms in total. The molecule has 6 heteroatoms. The number of hydrogen-bond donors (Lipinski definition) is 2. The molecule has 1 aromatic rings. The van der Waals surface area contributed by atoms with Crippen LogP contribution in [0.25, 0.3) is 0 Å². The van der Waals surface area contributed by atoms with Crippen molar-refractivity contribution in [2.75, 3.05) is 26.2 Å². The predicted octanol–water partition coefficient (Wildman–Crippen LogP) is 3.93. The van der Waals surface area contributed by atoms with Crippen molar-refractivity contribution in [1.29, 1.82) is 0 Å². The van der Waals surface area contributed by atoms with Gasteiger partial charge >= 0.3 is 0 Å². The summed E-state index contributed by atoms with van der Waals surface area (Å²) in [6.07, 6.45) is 3.70. The van der Waals surface area contributed by atoms with Gasteiger partial charge in [-0.2, -0.15) is 0 Å². The first-order valence-electron chi connectivity index (χ1n) is 9.00. The minimum Gasteiger partial charge on any atom is -0.357 e. The predicted molar refractivity (Wildman–Crippen MR) is 117 cm³/mol. The summed E-state index contributed by atoms with van der Waals surface area (Å²) < 4.78 is 0. The molecule has 2 heterocycles. The lowest BCUT2D eigenvalue weighted by atomic mass is 9.98. The highest BCUT2D eigenvalue weighted by Crippen LogP contribution is 2.20. The van der Waals surface area contributed by atoms with E-state index in [0.717, 1.165) is 32.0 Å². The van der Waals surface area contributed by atoms with Gasteiger partial charge in [-0.25, -0.2) is 0 Å². The second-order valence-electron chi connectivity index (χ2n) is 6.50. The molecule has 1 aliphatic heterocycles. The van der Waals surface area contributed by atoms with Gasteiger partial charge in [-0.1, -0.05) is 13.0 Å². The van der Waals surface area contributed by atoms with E-state index in [1.54, 1.807) is 0 Å². The number of halogens is 1. The maximum atomic E-state index is 4.83. The Kier molecular flexibility index (Phi) is 10.9. The lowest BCUT2D eigenvalue weighted by Gasteiger charge is -2.31. The molecule has 0 spiro atoms. The Hall–Kier alpha value is -0.340. The van der Waals surface area contributed by atoms with Crippen molar-refractivity contribution in [2.24, 2.45) is 10.9 Å². The van der Waals surface area contributed by atoms with Crippen molar-refractivity contribution in [3.8, 4) is 0 Å². The maximum Gasteiger partial charge on any atom is 0.191 e. The van der Waals surface area contributed by atoms with Crippen LogP contribution in [0.3, 0.4) is 0 Å². The molecule has 1 aliphatic rings. The van der Waals surface area contributed by atoms with E-state index in [4.69, 9.17) is 4.99 Å². The van der Waals surface area contributed by atoms with Gasteiger partial charge in [-0.05, 0) is 57.0 Å². The van der Waals surface area contributed by atoms with Crippen LogP contribution in [-0.2, 0) is 6.54 Å². The summed E-state index contributed by atoms with van der Waals surface area (Å²) in [5.74, 6) is 1.65. The normalized spacial score (nSPS) is 20.3. The monoisotopic (exact) mass is 464 g/mol. The van der Waals surface area contributed by atoms with Crippen molar-refractivity contribution in [1.82, 2.24) is 15.5 Å². The summed E-state index contributed by atoms with van der Waals surface area (Å²) in [5, 5.41) is 9.01. The van der Waals surface area contributed by atoms with Crippen molar-refractivity contribution in [3.63, 3.8) is 0 Å². The number of aliphatic imine (C=N–C) groups is 1. The Labute approximate surface area is 168 Å². The Bertz CT molecular complexity index is 464. The number of nitrogens with zero attached hydrogens (tertiary/aromatic N) is 2. The molecule has 24 heavy (non-hydrogen) atoms. The van der Waals surface area contributed by atoms with E-state index in [1.807, 2.05) is 11.3 Å². The number of hydrogen-bond acceptors (Lipinski definition) is 3. The Morgan fingerprint density at radius 2 is 2.29 bits per heavy atom. The molecule has 2 unspecified atom stereocenters. The molecule has 0 saturated carbocycles. The highest BCUT2D eigenvalue weighted by Gasteiger charge is 2.20. The van der Waals surface area contributed by atoms with Gasteiger partial charge in [0, 0.05) is 37.1 Å². The molecule has 0 amide bonds. The van der Waals surface area contributed by atoms with Gasteiger partial charge in [0.05, 0.1) is 0 Å². The SMILES string of the molecule is CCNC(=NCC1CCCN(Cc2cccs2)C1)NC(C)CC.I. The third kappa shape index (κ3) is 7.70. The minimum atomic E-state index is 0. The molecule has 1 saturated heterocycles. The van der Waals surface area contributed by atoms with Crippen LogP contribution >= 0.6 is 35.3 Å². The number of piperidine rings is 1. The number of likely N-dealkylation sites (tertiary alicyclic amines) is 1. The molecule has 2 N–H and O–H groups in total. The zero-order valence-electron chi connectivity index (χ0n) is 15.3. The highest BCUT2D eigenvalue weighted by atomic mass is 127. The van der Waals surface area contributed by atoms with Gasteiger partial charge in [0.1, 0.15) is 0 Å². The van der Waals surface area contributed by atoms with E-state index in [1.165, 1.54) is 30.8 Å². The van der Waals surface area contributed by atoms with Gasteiger partial charge in [-0.15, -0.1) is 35.3 Å². The third-order valence-electron chi connectivity index (χ3n) is 4.41. The van der Waals surface area contributed by atoms with Crippen LogP contribution in [0, 0.1) is 5.92 Å². The Morgan fingerprint density at radius 1 is 1.46 bits per heavy atom. The average molecular weight is 464 g/mol. The summed E-state index contributed by atoms with van der Waals surface area (Å²) >= 11 is 1.86. The first-order valence-corrected chi connectivity index (χ1v) is 9.88. The lowest BCUT2D eigenvalue weighted by Crippen LogP contribution is -2.43. The first-order chi connectivity index (χ1) is 11.2. The quantitative estimate of drug-likeness (QED) is 0.365. The Balaban J connectivity index is 0.00000288. The molecule has 0 radical (unpaired) electrons. The summed E-state index contributed by atoms with van der Waals surface area (Å²) in [6.45, 7) is 11.9. The number of rotatable bonds is 7. The Morgan fingerprint density at radius 3 is 2.96 bits per heavy atom. The number of nitrogens with one attached hydrogen (secondary N) is 2. The van der Waals surface area contributed by atoms with E-state index in [0.29, 0.717) is 12.0 Å². The van der Waals surface area contributed by atoms with Gasteiger partial charge in [0.2, 0.25) is 0 Å². The second kappa shape index (κ2) is 12.1. The summed E-state index contributed by atoms with van der Waals surface area (Å²) in [4.78, 5) is 8.89. The van der Waals surface area contributed by atoms with Crippen LogP contribution < -0.4 is 10.6 Å². The first kappa shape index (κ1) is 21.7. The molecule has 2 atom stereocenters. The topological polar surface area (TPSA) is 39.7 Å². The maximum absolute atomic E-state index is 4.83. The van der Waals surface area contributed by atoms with Crippen LogP contribution in [0.4, 0.5) is 0 Å². The third-order valence-corrected chi connectivity index (χ3v) is 5.27. The zero-order chi connectivity index (χ0) is 16.5. The molecule has 1 aromatic heterocycles. The van der Waals surface area contributed by atoms with Crippen molar-refractivity contribution in [2.45, 2.75) is 52.6 Å². The minimum absolute atomic E-state index is 0. The molecule has 0 aromatic carbocycles. The van der Waals surface area contributed by atoms with Crippen LogP contribution in [0.1, 0.15) is 44.9 Å². The van der Waals surface area contributed by atoms with Crippen molar-refractivity contribution < 1.29 is 0 Å². The fourth-order valence-corrected chi connectivity index (χ4v) is 3.69. The molecule has 0 bridgehead atoms. The van der Waals surface area contributed by atoms with Gasteiger partial charge < -0.3 is 10.6 Å². The van der Waals surface area contributed by atoms with Crippen LogP contribution in [0.5, 0.6) is 0 Å². The number of thiophene rings is 1. The van der Waals surface area contributed by atoms with E-state index in [9.17, 15) is 0 Å². The average Bonchev–Trinajstić information content (AvgIpc) is 3.06. The lowest BCUT2D eigenvalue weighted by molar-refractivity contribution is 0.172. The smallest absolute Gasteiger partial charge is 0.191 e. The molecule has 2 rings (SSSR count). The molecular formula is C18H33IN4S. The fourth-order valence-electron chi connectivity index (χ4n) is 2.94. The van der Waals surface area contributed by atoms with Gasteiger partial charge in [-0.3, -0.25) is 9.89 Å². The van der Waals surface area contributed by atoms with Gasteiger partial charge in [0.25, 0.3) is 0 Å². The van der Waals surface area contributed by atoms with Gasteiger partial charge in [0.15, 0.2) is 5.96 Å². The highest BCUT2D eigenvalue weighted by molar-refractivity contribution is 14.0. The van der Waals surface area contributed by atoms with Crippen molar-refractivity contribution in [3.05, 3.63) is 22.4 Å². The summed E-state index contributed by atoms with van der Waals surface area (Å²) in [7, 11) is 0. The standard InChI is InChI=1S/C18H32N4S.HI/c1-4-15(3)21-18(19-5-2)20-12-16-8-6-10-22(13-16)14-17-9-7-11-23-17;/h7,9,11,15-16H,4-6,8,10,12-14H2,1-3H3,(H2,19,20,21);1H.